The molecule has 0 fully saturated rings. The zero-order chi connectivity index (χ0) is 21.7. The van der Waals surface area contributed by atoms with Gasteiger partial charge in [-0.05, 0) is 43.3 Å². The topological polar surface area (TPSA) is 69.5 Å². The van der Waals surface area contributed by atoms with Crippen LogP contribution in [0.15, 0.2) is 89.1 Å². The minimum atomic E-state index is -0.110. The maximum atomic E-state index is 13.4. The quantitative estimate of drug-likeness (QED) is 0.384. The summed E-state index contributed by atoms with van der Waals surface area (Å²) in [6, 6.07) is 21.4. The Morgan fingerprint density at radius 3 is 2.59 bits per heavy atom. The van der Waals surface area contributed by atoms with Crippen LogP contribution >= 0.6 is 11.8 Å². The number of hydrogen-bond donors (Lipinski definition) is 0. The highest BCUT2D eigenvalue weighted by molar-refractivity contribution is 7.98. The Labute approximate surface area is 187 Å². The number of rotatable bonds is 4. The highest BCUT2D eigenvalue weighted by Gasteiger charge is 2.18. The number of aryl methyl sites for hydroxylation is 1. The minimum absolute atomic E-state index is 0.110. The number of para-hydroxylation sites is 1. The molecule has 0 saturated carbocycles. The average Bonchev–Trinajstić information content (AvgIpc) is 3.43. The van der Waals surface area contributed by atoms with Crippen molar-refractivity contribution in [2.75, 3.05) is 0 Å². The number of fused-ring (bicyclic) bond motifs is 4. The molecule has 6 aromatic rings. The molecule has 8 heteroatoms. The third kappa shape index (κ3) is 2.99. The van der Waals surface area contributed by atoms with Crippen molar-refractivity contribution in [3.63, 3.8) is 0 Å². The molecule has 4 heterocycles. The number of benzene rings is 2. The molecule has 0 aliphatic carbocycles. The van der Waals surface area contributed by atoms with E-state index in [1.54, 1.807) is 16.3 Å². The molecule has 0 amide bonds. The standard InChI is InChI=1S/C24H18N6OS/c1-16-9-11-18(12-10-16)29-22(31)19-6-2-3-7-20(19)30-23(29)26-27-24(30)32-15-17-14-28-13-5-4-8-21(28)25-17/h2-14H,15H2,1H3. The van der Waals surface area contributed by atoms with Crippen LogP contribution in [0.5, 0.6) is 0 Å². The monoisotopic (exact) mass is 438 g/mol. The van der Waals surface area contributed by atoms with Gasteiger partial charge in [0, 0.05) is 18.1 Å². The number of nitrogens with zero attached hydrogens (tertiary/aromatic N) is 6. The Morgan fingerprint density at radius 1 is 0.938 bits per heavy atom. The first-order valence-electron chi connectivity index (χ1n) is 10.2. The first kappa shape index (κ1) is 18.8. The van der Waals surface area contributed by atoms with E-state index in [0.29, 0.717) is 22.1 Å². The molecule has 0 N–H and O–H groups in total. The molecular weight excluding hydrogens is 420 g/mol. The third-order valence-corrected chi connectivity index (χ3v) is 6.41. The van der Waals surface area contributed by atoms with Crippen molar-refractivity contribution in [3.05, 3.63) is 101 Å². The lowest BCUT2D eigenvalue weighted by Crippen LogP contribution is -2.21. The van der Waals surface area contributed by atoms with E-state index in [4.69, 9.17) is 0 Å². The minimum Gasteiger partial charge on any atom is -0.307 e. The van der Waals surface area contributed by atoms with Crippen LogP contribution < -0.4 is 5.56 Å². The van der Waals surface area contributed by atoms with Gasteiger partial charge >= 0.3 is 0 Å². The number of aromatic nitrogens is 6. The summed E-state index contributed by atoms with van der Waals surface area (Å²) in [5.41, 5.74) is 4.44. The van der Waals surface area contributed by atoms with Crippen LogP contribution in [0.1, 0.15) is 11.3 Å². The van der Waals surface area contributed by atoms with Crippen LogP contribution in [-0.4, -0.2) is 28.5 Å². The van der Waals surface area contributed by atoms with Gasteiger partial charge in [-0.25, -0.2) is 9.55 Å². The van der Waals surface area contributed by atoms with Gasteiger partial charge in [-0.15, -0.1) is 10.2 Å². The Balaban J connectivity index is 1.51. The van der Waals surface area contributed by atoms with Gasteiger partial charge in [0.05, 0.1) is 22.3 Å². The lowest BCUT2D eigenvalue weighted by atomic mass is 10.2. The SMILES string of the molecule is Cc1ccc(-n2c(=O)c3ccccc3n3c(SCc4cn5ccccc5n4)nnc23)cc1. The number of imidazole rings is 1. The molecule has 2 aromatic carbocycles. The molecule has 0 saturated heterocycles. The van der Waals surface area contributed by atoms with Gasteiger partial charge in [-0.1, -0.05) is 47.7 Å². The van der Waals surface area contributed by atoms with Crippen LogP contribution in [-0.2, 0) is 5.75 Å². The Morgan fingerprint density at radius 2 is 1.75 bits per heavy atom. The molecule has 7 nitrogen and oxygen atoms in total. The normalized spacial score (nSPS) is 11.7. The maximum Gasteiger partial charge on any atom is 0.267 e. The van der Waals surface area contributed by atoms with E-state index in [0.717, 1.165) is 28.1 Å². The van der Waals surface area contributed by atoms with E-state index in [9.17, 15) is 4.79 Å². The summed E-state index contributed by atoms with van der Waals surface area (Å²) < 4.78 is 5.59. The Bertz CT molecular complexity index is 1630. The van der Waals surface area contributed by atoms with E-state index in [2.05, 4.69) is 15.2 Å². The summed E-state index contributed by atoms with van der Waals surface area (Å²) in [4.78, 5) is 18.0. The fraction of sp³-hybridized carbons (Fsp3) is 0.0833. The average molecular weight is 439 g/mol. The first-order valence-corrected chi connectivity index (χ1v) is 11.2. The van der Waals surface area contributed by atoms with Crippen molar-refractivity contribution in [2.45, 2.75) is 17.8 Å². The van der Waals surface area contributed by atoms with E-state index in [-0.39, 0.29) is 5.56 Å². The highest BCUT2D eigenvalue weighted by atomic mass is 32.2. The fourth-order valence-corrected chi connectivity index (χ4v) is 4.72. The van der Waals surface area contributed by atoms with E-state index in [1.807, 2.05) is 94.8 Å². The second-order valence-electron chi connectivity index (χ2n) is 7.60. The lowest BCUT2D eigenvalue weighted by molar-refractivity contribution is 0.929. The smallest absolute Gasteiger partial charge is 0.267 e. The zero-order valence-electron chi connectivity index (χ0n) is 17.2. The number of thioether (sulfide) groups is 1. The van der Waals surface area contributed by atoms with Crippen LogP contribution in [0.3, 0.4) is 0 Å². The molecule has 0 aliphatic heterocycles. The summed E-state index contributed by atoms with van der Waals surface area (Å²) in [5.74, 6) is 1.13. The van der Waals surface area contributed by atoms with Gasteiger partial charge in [0.1, 0.15) is 5.65 Å². The van der Waals surface area contributed by atoms with Crippen molar-refractivity contribution in [1.29, 1.82) is 0 Å². The van der Waals surface area contributed by atoms with Gasteiger partial charge in [0.15, 0.2) is 5.16 Å². The van der Waals surface area contributed by atoms with Crippen molar-refractivity contribution >= 4 is 34.1 Å². The van der Waals surface area contributed by atoms with E-state index < -0.39 is 0 Å². The number of hydrogen-bond acceptors (Lipinski definition) is 5. The summed E-state index contributed by atoms with van der Waals surface area (Å²) in [6.07, 6.45) is 4.00. The van der Waals surface area contributed by atoms with Crippen molar-refractivity contribution < 1.29 is 0 Å². The second-order valence-corrected chi connectivity index (χ2v) is 8.54. The fourth-order valence-electron chi connectivity index (χ4n) is 3.89. The predicted molar refractivity (Wildman–Crippen MR) is 126 cm³/mol. The van der Waals surface area contributed by atoms with Crippen LogP contribution in [0.2, 0.25) is 0 Å². The molecule has 0 bridgehead atoms. The Kier molecular flexibility index (Phi) is 4.32. The van der Waals surface area contributed by atoms with Crippen LogP contribution in [0, 0.1) is 6.92 Å². The number of pyridine rings is 1. The molecule has 0 radical (unpaired) electrons. The maximum absolute atomic E-state index is 13.4. The largest absolute Gasteiger partial charge is 0.307 e. The van der Waals surface area contributed by atoms with Gasteiger partial charge in [-0.2, -0.15) is 0 Å². The molecular formula is C24H18N6OS. The molecule has 0 unspecified atom stereocenters. The second kappa shape index (κ2) is 7.35. The summed E-state index contributed by atoms with van der Waals surface area (Å²) in [5, 5.41) is 10.2. The third-order valence-electron chi connectivity index (χ3n) is 5.45. The molecule has 156 valence electrons. The van der Waals surface area contributed by atoms with E-state index >= 15 is 0 Å². The predicted octanol–water partition coefficient (Wildman–Crippen LogP) is 4.28. The molecule has 32 heavy (non-hydrogen) atoms. The lowest BCUT2D eigenvalue weighted by Gasteiger charge is -2.11. The first-order chi connectivity index (χ1) is 15.7. The molecule has 0 atom stereocenters. The molecule has 0 aliphatic rings. The van der Waals surface area contributed by atoms with Gasteiger partial charge < -0.3 is 4.40 Å². The van der Waals surface area contributed by atoms with E-state index in [1.165, 1.54) is 0 Å². The van der Waals surface area contributed by atoms with Crippen molar-refractivity contribution in [2.24, 2.45) is 0 Å². The van der Waals surface area contributed by atoms with Gasteiger partial charge in [0.25, 0.3) is 5.56 Å². The molecule has 6 rings (SSSR count). The van der Waals surface area contributed by atoms with Crippen LogP contribution in [0.25, 0.3) is 28.0 Å². The summed E-state index contributed by atoms with van der Waals surface area (Å²) in [6.45, 7) is 2.02. The highest BCUT2D eigenvalue weighted by Crippen LogP contribution is 2.25. The zero-order valence-corrected chi connectivity index (χ0v) is 18.0. The van der Waals surface area contributed by atoms with Crippen molar-refractivity contribution in [1.82, 2.24) is 28.5 Å². The van der Waals surface area contributed by atoms with Gasteiger partial charge in [-0.3, -0.25) is 9.20 Å². The van der Waals surface area contributed by atoms with Crippen molar-refractivity contribution in [3.8, 4) is 5.69 Å². The summed E-state index contributed by atoms with van der Waals surface area (Å²) >= 11 is 1.55. The Hall–Kier alpha value is -3.91. The van der Waals surface area contributed by atoms with Crippen LogP contribution in [0.4, 0.5) is 0 Å². The molecule has 0 spiro atoms. The van der Waals surface area contributed by atoms with Gasteiger partial charge in [0.2, 0.25) is 5.78 Å². The summed E-state index contributed by atoms with van der Waals surface area (Å²) in [7, 11) is 0. The molecule has 4 aromatic heterocycles.